The maximum atomic E-state index is 10.9. The largest absolute Gasteiger partial charge is 0.481 e. The Kier molecular flexibility index (Phi) is 4.26. The zero-order valence-corrected chi connectivity index (χ0v) is 7.68. The van der Waals surface area contributed by atoms with Gasteiger partial charge in [0.15, 0.2) is 5.78 Å². The second kappa shape index (κ2) is 4.70. The summed E-state index contributed by atoms with van der Waals surface area (Å²) < 4.78 is 0. The Morgan fingerprint density at radius 3 is 1.83 bits per heavy atom. The number of allylic oxidation sites excluding steroid dienone is 2. The molecule has 0 aromatic heterocycles. The van der Waals surface area contributed by atoms with Crippen molar-refractivity contribution in [3.05, 3.63) is 11.1 Å². The number of carbonyl (C=O) groups excluding carboxylic acids is 1. The van der Waals surface area contributed by atoms with Gasteiger partial charge in [0.05, 0.1) is 0 Å². The van der Waals surface area contributed by atoms with Crippen LogP contribution in [0.15, 0.2) is 11.1 Å². The van der Waals surface area contributed by atoms with Crippen molar-refractivity contribution in [2.75, 3.05) is 0 Å². The van der Waals surface area contributed by atoms with Crippen LogP contribution in [0.5, 0.6) is 0 Å². The molecule has 0 bridgehead atoms. The molecule has 0 saturated carbocycles. The highest BCUT2D eigenvalue weighted by atomic mass is 16.4. The van der Waals surface area contributed by atoms with Gasteiger partial charge in [-0.3, -0.25) is 9.59 Å². The smallest absolute Gasteiger partial charge is 0.303 e. The Hall–Kier alpha value is -1.12. The van der Waals surface area contributed by atoms with Crippen LogP contribution in [0.25, 0.3) is 0 Å². The summed E-state index contributed by atoms with van der Waals surface area (Å²) in [6.45, 7) is 5.10. The molecule has 0 aromatic rings. The lowest BCUT2D eigenvalue weighted by atomic mass is 10.0. The SMILES string of the molecule is CC(=O)C(CCC(=O)O)=C(C)C. The molecule has 0 heterocycles. The summed E-state index contributed by atoms with van der Waals surface area (Å²) in [7, 11) is 0. The first-order valence-corrected chi connectivity index (χ1v) is 3.84. The van der Waals surface area contributed by atoms with E-state index in [1.165, 1.54) is 6.92 Å². The van der Waals surface area contributed by atoms with Gasteiger partial charge in [0.2, 0.25) is 0 Å². The van der Waals surface area contributed by atoms with Gasteiger partial charge in [0, 0.05) is 6.42 Å². The monoisotopic (exact) mass is 170 g/mol. The molecule has 0 unspecified atom stereocenters. The van der Waals surface area contributed by atoms with E-state index in [2.05, 4.69) is 0 Å². The van der Waals surface area contributed by atoms with Crippen molar-refractivity contribution in [1.29, 1.82) is 0 Å². The zero-order chi connectivity index (χ0) is 9.72. The first-order valence-electron chi connectivity index (χ1n) is 3.84. The predicted octanol–water partition coefficient (Wildman–Crippen LogP) is 1.78. The second-order valence-electron chi connectivity index (χ2n) is 2.93. The molecule has 0 radical (unpaired) electrons. The molecule has 0 aliphatic carbocycles. The normalized spacial score (nSPS) is 9.25. The highest BCUT2D eigenvalue weighted by Crippen LogP contribution is 2.11. The van der Waals surface area contributed by atoms with Crippen molar-refractivity contribution in [2.45, 2.75) is 33.6 Å². The van der Waals surface area contributed by atoms with Gasteiger partial charge in [-0.15, -0.1) is 0 Å². The summed E-state index contributed by atoms with van der Waals surface area (Å²) in [5.41, 5.74) is 1.54. The van der Waals surface area contributed by atoms with Crippen molar-refractivity contribution in [3.63, 3.8) is 0 Å². The third kappa shape index (κ3) is 3.91. The van der Waals surface area contributed by atoms with E-state index >= 15 is 0 Å². The molecular weight excluding hydrogens is 156 g/mol. The fourth-order valence-electron chi connectivity index (χ4n) is 1.01. The van der Waals surface area contributed by atoms with Crippen LogP contribution >= 0.6 is 0 Å². The molecule has 12 heavy (non-hydrogen) atoms. The number of Topliss-reactive ketones (excluding diaryl/α,β-unsaturated/α-hetero) is 1. The molecule has 0 aliphatic rings. The van der Waals surface area contributed by atoms with E-state index in [4.69, 9.17) is 5.11 Å². The second-order valence-corrected chi connectivity index (χ2v) is 2.93. The summed E-state index contributed by atoms with van der Waals surface area (Å²) in [6.07, 6.45) is 0.368. The minimum absolute atomic E-state index is 0.0279. The fourth-order valence-corrected chi connectivity index (χ4v) is 1.01. The minimum atomic E-state index is -0.866. The quantitative estimate of drug-likeness (QED) is 0.654. The number of hydrogen-bond donors (Lipinski definition) is 1. The minimum Gasteiger partial charge on any atom is -0.481 e. The molecule has 3 heteroatoms. The van der Waals surface area contributed by atoms with E-state index in [1.54, 1.807) is 0 Å². The number of carbonyl (C=O) groups is 2. The van der Waals surface area contributed by atoms with Gasteiger partial charge in [-0.05, 0) is 32.8 Å². The summed E-state index contributed by atoms with van der Waals surface area (Å²) in [4.78, 5) is 21.2. The van der Waals surface area contributed by atoms with Crippen LogP contribution in [0.3, 0.4) is 0 Å². The molecule has 0 fully saturated rings. The van der Waals surface area contributed by atoms with E-state index in [0.717, 1.165) is 5.57 Å². The molecule has 0 spiro atoms. The van der Waals surface area contributed by atoms with Gasteiger partial charge in [0.1, 0.15) is 0 Å². The summed E-state index contributed by atoms with van der Waals surface area (Å²) >= 11 is 0. The first kappa shape index (κ1) is 10.9. The topological polar surface area (TPSA) is 54.4 Å². The van der Waals surface area contributed by atoms with Crippen LogP contribution < -0.4 is 0 Å². The molecule has 3 nitrogen and oxygen atoms in total. The van der Waals surface area contributed by atoms with E-state index in [0.29, 0.717) is 12.0 Å². The fraction of sp³-hybridized carbons (Fsp3) is 0.556. The molecule has 0 aliphatic heterocycles. The van der Waals surface area contributed by atoms with Crippen molar-refractivity contribution >= 4 is 11.8 Å². The Morgan fingerprint density at radius 1 is 1.08 bits per heavy atom. The maximum Gasteiger partial charge on any atom is 0.303 e. The van der Waals surface area contributed by atoms with Crippen LogP contribution in [0.1, 0.15) is 33.6 Å². The van der Waals surface area contributed by atoms with Gasteiger partial charge in [-0.25, -0.2) is 0 Å². The number of rotatable bonds is 4. The number of hydrogen-bond acceptors (Lipinski definition) is 2. The Balaban J connectivity index is 4.28. The highest BCUT2D eigenvalue weighted by Gasteiger charge is 2.07. The van der Waals surface area contributed by atoms with Crippen LogP contribution in [-0.2, 0) is 9.59 Å². The van der Waals surface area contributed by atoms with Crippen molar-refractivity contribution in [2.24, 2.45) is 0 Å². The molecule has 0 atom stereocenters. The van der Waals surface area contributed by atoms with Gasteiger partial charge in [-0.2, -0.15) is 0 Å². The van der Waals surface area contributed by atoms with E-state index in [9.17, 15) is 9.59 Å². The average Bonchev–Trinajstić information content (AvgIpc) is 1.84. The van der Waals surface area contributed by atoms with Crippen LogP contribution in [0, 0.1) is 0 Å². The lowest BCUT2D eigenvalue weighted by molar-refractivity contribution is -0.136. The number of carboxylic acids is 1. The Bertz CT molecular complexity index is 222. The lowest BCUT2D eigenvalue weighted by Gasteiger charge is -2.03. The lowest BCUT2D eigenvalue weighted by Crippen LogP contribution is -2.03. The molecule has 68 valence electrons. The maximum absolute atomic E-state index is 10.9. The third-order valence-electron chi connectivity index (χ3n) is 1.62. The summed E-state index contributed by atoms with van der Waals surface area (Å²) in [6, 6.07) is 0. The van der Waals surface area contributed by atoms with Crippen LogP contribution in [0.2, 0.25) is 0 Å². The van der Waals surface area contributed by atoms with Crippen molar-refractivity contribution in [1.82, 2.24) is 0 Å². The molecular formula is C9H14O3. The van der Waals surface area contributed by atoms with E-state index in [1.807, 2.05) is 13.8 Å². The third-order valence-corrected chi connectivity index (χ3v) is 1.62. The molecule has 0 amide bonds. The van der Waals surface area contributed by atoms with Gasteiger partial charge >= 0.3 is 5.97 Å². The molecule has 1 N–H and O–H groups in total. The summed E-state index contributed by atoms with van der Waals surface area (Å²) in [5, 5.41) is 8.39. The van der Waals surface area contributed by atoms with Gasteiger partial charge in [0.25, 0.3) is 0 Å². The molecule has 0 aromatic carbocycles. The number of ketones is 1. The number of aliphatic carboxylic acids is 1. The van der Waals surface area contributed by atoms with Crippen LogP contribution in [0.4, 0.5) is 0 Å². The van der Waals surface area contributed by atoms with Crippen LogP contribution in [-0.4, -0.2) is 16.9 Å². The average molecular weight is 170 g/mol. The van der Waals surface area contributed by atoms with Crippen molar-refractivity contribution < 1.29 is 14.7 Å². The van der Waals surface area contributed by atoms with Crippen molar-refractivity contribution in [3.8, 4) is 0 Å². The summed E-state index contributed by atoms with van der Waals surface area (Å²) in [5.74, 6) is -0.897. The Morgan fingerprint density at radius 2 is 1.58 bits per heavy atom. The number of carboxylic acid groups (broad SMARTS) is 1. The Labute approximate surface area is 72.1 Å². The van der Waals surface area contributed by atoms with Gasteiger partial charge < -0.3 is 5.11 Å². The standard InChI is InChI=1S/C9H14O3/c1-6(2)8(7(3)10)4-5-9(11)12/h4-5H2,1-3H3,(H,11,12). The molecule has 0 saturated heterocycles. The van der Waals surface area contributed by atoms with E-state index < -0.39 is 5.97 Å². The molecule has 0 rings (SSSR count). The predicted molar refractivity (Wildman–Crippen MR) is 45.9 cm³/mol. The first-order chi connectivity index (χ1) is 5.45. The van der Waals surface area contributed by atoms with Gasteiger partial charge in [-0.1, -0.05) is 5.57 Å². The highest BCUT2D eigenvalue weighted by molar-refractivity contribution is 5.94. The zero-order valence-electron chi connectivity index (χ0n) is 7.68. The van der Waals surface area contributed by atoms with E-state index in [-0.39, 0.29) is 12.2 Å².